The van der Waals surface area contributed by atoms with Crippen LogP contribution in [0, 0.1) is 0 Å². The summed E-state index contributed by atoms with van der Waals surface area (Å²) in [6, 6.07) is 20.1. The number of hydrogen-bond donors (Lipinski definition) is 2. The van der Waals surface area contributed by atoms with Crippen molar-refractivity contribution < 1.29 is 25.9 Å². The van der Waals surface area contributed by atoms with E-state index in [1.807, 2.05) is 42.5 Å². The third-order valence-electron chi connectivity index (χ3n) is 4.27. The highest BCUT2D eigenvalue weighted by atomic mass is 32.2. The summed E-state index contributed by atoms with van der Waals surface area (Å²) in [5.74, 6) is 0. The largest absolute Gasteiger partial charge is 0.296 e. The molecule has 0 bridgehead atoms. The Hall–Kier alpha value is -2.78. The van der Waals surface area contributed by atoms with Gasteiger partial charge in [0.15, 0.2) is 0 Å². The van der Waals surface area contributed by atoms with E-state index in [-0.39, 0.29) is 5.56 Å². The zero-order valence-corrected chi connectivity index (χ0v) is 16.8. The first-order valence-electron chi connectivity index (χ1n) is 8.56. The second-order valence-electron chi connectivity index (χ2n) is 6.26. The first-order valence-corrected chi connectivity index (χ1v) is 11.4. The van der Waals surface area contributed by atoms with Crippen molar-refractivity contribution >= 4 is 26.3 Å². The van der Waals surface area contributed by atoms with Crippen molar-refractivity contribution in [3.8, 4) is 11.1 Å². The third kappa shape index (κ3) is 4.99. The van der Waals surface area contributed by atoms with Crippen LogP contribution in [-0.2, 0) is 26.7 Å². The van der Waals surface area contributed by atoms with Gasteiger partial charge in [-0.25, -0.2) is 0 Å². The van der Waals surface area contributed by atoms with Crippen molar-refractivity contribution in [2.45, 2.75) is 16.2 Å². The Bertz CT molecular complexity index is 1260. The first-order chi connectivity index (χ1) is 13.7. The van der Waals surface area contributed by atoms with Crippen molar-refractivity contribution in [3.05, 3.63) is 90.0 Å². The van der Waals surface area contributed by atoms with Gasteiger partial charge in [-0.1, -0.05) is 78.9 Å². The molecule has 0 heterocycles. The molecule has 0 fully saturated rings. The maximum Gasteiger partial charge on any atom is 0.296 e. The molecule has 150 valence electrons. The van der Waals surface area contributed by atoms with Gasteiger partial charge in [0.2, 0.25) is 0 Å². The molecule has 0 saturated heterocycles. The zero-order chi connectivity index (χ0) is 21.1. The Labute approximate surface area is 169 Å². The van der Waals surface area contributed by atoms with Gasteiger partial charge in [-0.15, -0.1) is 0 Å². The molecule has 0 radical (unpaired) electrons. The molecule has 2 N–H and O–H groups in total. The minimum absolute atomic E-state index is 0.00802. The molecule has 3 aromatic rings. The van der Waals surface area contributed by atoms with E-state index in [0.29, 0.717) is 12.0 Å². The van der Waals surface area contributed by atoms with Crippen molar-refractivity contribution in [1.29, 1.82) is 0 Å². The molecule has 0 aromatic heterocycles. The van der Waals surface area contributed by atoms with Crippen LogP contribution in [0.1, 0.15) is 11.1 Å². The molecule has 0 aliphatic carbocycles. The maximum atomic E-state index is 12.0. The van der Waals surface area contributed by atoms with E-state index in [1.165, 1.54) is 12.1 Å². The van der Waals surface area contributed by atoms with Gasteiger partial charge in [-0.05, 0) is 29.2 Å². The van der Waals surface area contributed by atoms with Gasteiger partial charge in [0.05, 0.1) is 0 Å². The fourth-order valence-corrected chi connectivity index (χ4v) is 5.05. The summed E-state index contributed by atoms with van der Waals surface area (Å²) in [7, 11) is -9.80. The SMILES string of the molecule is O=S(=O)(O)c1cccc(-c2ccccc2CC=Cc2ccccc2)c1S(=O)(=O)O. The van der Waals surface area contributed by atoms with Gasteiger partial charge >= 0.3 is 0 Å². The van der Waals surface area contributed by atoms with Crippen LogP contribution in [0.4, 0.5) is 0 Å². The van der Waals surface area contributed by atoms with E-state index in [4.69, 9.17) is 0 Å². The third-order valence-corrected chi connectivity index (χ3v) is 6.25. The lowest BCUT2D eigenvalue weighted by atomic mass is 9.97. The summed E-state index contributed by atoms with van der Waals surface area (Å²) in [5.41, 5.74) is 2.14. The average molecular weight is 431 g/mol. The van der Waals surface area contributed by atoms with Gasteiger partial charge in [0, 0.05) is 5.56 Å². The van der Waals surface area contributed by atoms with Gasteiger partial charge in [0.1, 0.15) is 9.79 Å². The van der Waals surface area contributed by atoms with Crippen LogP contribution in [-0.4, -0.2) is 25.9 Å². The second-order valence-corrected chi connectivity index (χ2v) is 9.01. The topological polar surface area (TPSA) is 109 Å². The number of allylic oxidation sites excluding steroid dienone is 1. The van der Waals surface area contributed by atoms with Crippen LogP contribution in [0.3, 0.4) is 0 Å². The van der Waals surface area contributed by atoms with Crippen molar-refractivity contribution in [3.63, 3.8) is 0 Å². The Kier molecular flexibility index (Phi) is 5.99. The van der Waals surface area contributed by atoms with E-state index >= 15 is 0 Å². The Morgan fingerprint density at radius 1 is 0.690 bits per heavy atom. The predicted molar refractivity (Wildman–Crippen MR) is 111 cm³/mol. The highest BCUT2D eigenvalue weighted by Crippen LogP contribution is 2.34. The van der Waals surface area contributed by atoms with E-state index in [1.54, 1.807) is 24.3 Å². The first kappa shape index (κ1) is 20.9. The van der Waals surface area contributed by atoms with E-state index in [9.17, 15) is 25.9 Å². The maximum absolute atomic E-state index is 12.0. The molecule has 6 nitrogen and oxygen atoms in total. The summed E-state index contributed by atoms with van der Waals surface area (Å²) < 4.78 is 66.4. The van der Waals surface area contributed by atoms with Crippen molar-refractivity contribution in [2.24, 2.45) is 0 Å². The molecule has 8 heteroatoms. The van der Waals surface area contributed by atoms with Gasteiger partial charge in [0.25, 0.3) is 20.2 Å². The van der Waals surface area contributed by atoms with E-state index in [0.717, 1.165) is 17.2 Å². The highest BCUT2D eigenvalue weighted by Gasteiger charge is 2.28. The summed E-state index contributed by atoms with van der Waals surface area (Å²) in [6.45, 7) is 0. The molecule has 0 unspecified atom stereocenters. The standard InChI is InChI=1S/C21H18O6S2/c22-28(23,24)20-15-7-14-19(21(20)29(25,26)27)18-13-5-4-11-17(18)12-6-10-16-8-2-1-3-9-16/h1-11,13-15H,12H2,(H,22,23,24)(H,25,26,27). The molecule has 0 spiro atoms. The molecule has 0 saturated carbocycles. The van der Waals surface area contributed by atoms with Gasteiger partial charge in [-0.2, -0.15) is 16.8 Å². The second kappa shape index (κ2) is 8.30. The van der Waals surface area contributed by atoms with E-state index < -0.39 is 30.0 Å². The predicted octanol–water partition coefficient (Wildman–Crippen LogP) is 4.10. The molecule has 3 rings (SSSR count). The highest BCUT2D eigenvalue weighted by molar-refractivity contribution is 7.89. The number of rotatable bonds is 6. The zero-order valence-electron chi connectivity index (χ0n) is 15.1. The smallest absolute Gasteiger partial charge is 0.282 e. The number of benzene rings is 3. The fourth-order valence-electron chi connectivity index (χ4n) is 3.04. The fraction of sp³-hybridized carbons (Fsp3) is 0.0476. The van der Waals surface area contributed by atoms with Crippen LogP contribution in [0.2, 0.25) is 0 Å². The Morgan fingerprint density at radius 3 is 1.97 bits per heavy atom. The van der Waals surface area contributed by atoms with Crippen LogP contribution < -0.4 is 0 Å². The van der Waals surface area contributed by atoms with Crippen LogP contribution in [0.25, 0.3) is 17.2 Å². The molecule has 0 atom stereocenters. The number of hydrogen-bond acceptors (Lipinski definition) is 4. The average Bonchev–Trinajstić information content (AvgIpc) is 2.67. The van der Waals surface area contributed by atoms with E-state index in [2.05, 4.69) is 0 Å². The summed E-state index contributed by atoms with van der Waals surface area (Å²) >= 11 is 0. The monoisotopic (exact) mass is 430 g/mol. The molecule has 3 aromatic carbocycles. The van der Waals surface area contributed by atoms with Crippen molar-refractivity contribution in [1.82, 2.24) is 0 Å². The van der Waals surface area contributed by atoms with Gasteiger partial charge in [-0.3, -0.25) is 9.11 Å². The summed E-state index contributed by atoms with van der Waals surface area (Å²) in [4.78, 5) is -1.71. The van der Waals surface area contributed by atoms with Crippen LogP contribution >= 0.6 is 0 Å². The minimum Gasteiger partial charge on any atom is -0.282 e. The normalized spacial score (nSPS) is 12.3. The Balaban J connectivity index is 2.12. The summed E-state index contributed by atoms with van der Waals surface area (Å²) in [6.07, 6.45) is 4.25. The molecule has 0 amide bonds. The van der Waals surface area contributed by atoms with Gasteiger partial charge < -0.3 is 0 Å². The summed E-state index contributed by atoms with van der Waals surface area (Å²) in [5, 5.41) is 0. The van der Waals surface area contributed by atoms with Crippen LogP contribution in [0.15, 0.2) is 88.7 Å². The van der Waals surface area contributed by atoms with Crippen molar-refractivity contribution in [2.75, 3.05) is 0 Å². The van der Waals surface area contributed by atoms with Crippen LogP contribution in [0.5, 0.6) is 0 Å². The lowest BCUT2D eigenvalue weighted by Gasteiger charge is -2.14. The molecule has 0 aliphatic heterocycles. The minimum atomic E-state index is -4.93. The molecular formula is C21H18O6S2. The Morgan fingerprint density at radius 2 is 1.31 bits per heavy atom. The molecule has 29 heavy (non-hydrogen) atoms. The quantitative estimate of drug-likeness (QED) is 0.570. The molecular weight excluding hydrogens is 412 g/mol. The lowest BCUT2D eigenvalue weighted by Crippen LogP contribution is -2.10. The molecule has 0 aliphatic rings. The lowest BCUT2D eigenvalue weighted by molar-refractivity contribution is 0.467.